The summed E-state index contributed by atoms with van der Waals surface area (Å²) in [6.07, 6.45) is 0. The largest absolute Gasteiger partial charge is 0.352 e. The molecule has 2 aromatic rings. The molecule has 3 nitrogen and oxygen atoms in total. The molecule has 2 atom stereocenters. The first-order valence-electron chi connectivity index (χ1n) is 7.75. The number of benzene rings is 2. The Balaban J connectivity index is 1.93. The highest BCUT2D eigenvalue weighted by Gasteiger charge is 2.32. The van der Waals surface area contributed by atoms with Gasteiger partial charge in [0, 0.05) is 5.54 Å². The molecule has 3 heteroatoms. The Bertz CT molecular complexity index is 641. The van der Waals surface area contributed by atoms with E-state index in [1.165, 1.54) is 11.1 Å². The Morgan fingerprint density at radius 3 is 1.95 bits per heavy atom. The third-order valence-electron chi connectivity index (χ3n) is 3.67. The highest BCUT2D eigenvalue weighted by Crippen LogP contribution is 2.35. The molecule has 0 saturated carbocycles. The van der Waals surface area contributed by atoms with Gasteiger partial charge in [-0.2, -0.15) is 0 Å². The van der Waals surface area contributed by atoms with E-state index < -0.39 is 0 Å². The molecule has 0 aliphatic carbocycles. The summed E-state index contributed by atoms with van der Waals surface area (Å²) in [5, 5.41) is 7.01. The molecule has 1 heterocycles. The lowest BCUT2D eigenvalue weighted by molar-refractivity contribution is 0.500. The molecule has 0 bridgehead atoms. The lowest BCUT2D eigenvalue weighted by Gasteiger charge is -2.23. The van der Waals surface area contributed by atoms with Crippen molar-refractivity contribution >= 4 is 5.96 Å². The second kappa shape index (κ2) is 5.84. The molecule has 2 aromatic carbocycles. The minimum atomic E-state index is -0.0152. The van der Waals surface area contributed by atoms with Crippen LogP contribution in [0.15, 0.2) is 65.7 Å². The summed E-state index contributed by atoms with van der Waals surface area (Å²) in [4.78, 5) is 4.90. The van der Waals surface area contributed by atoms with Crippen LogP contribution in [0.4, 0.5) is 0 Å². The van der Waals surface area contributed by atoms with E-state index in [1.807, 2.05) is 12.1 Å². The van der Waals surface area contributed by atoms with Crippen molar-refractivity contribution in [1.82, 2.24) is 10.6 Å². The van der Waals surface area contributed by atoms with Crippen molar-refractivity contribution in [3.63, 3.8) is 0 Å². The van der Waals surface area contributed by atoms with E-state index in [1.54, 1.807) is 0 Å². The molecule has 0 radical (unpaired) electrons. The molecule has 114 valence electrons. The van der Waals surface area contributed by atoms with Crippen LogP contribution in [-0.2, 0) is 0 Å². The first-order chi connectivity index (χ1) is 10.5. The standard InChI is InChI=1S/C19H23N3/c1-19(2,3)22-18-20-16(14-10-6-4-7-11-14)17(21-18)15-12-8-5-9-13-15/h4-13,16-17H,1-3H3,(H2,20,21,22)/t16-,17-/m0/s1. The summed E-state index contributed by atoms with van der Waals surface area (Å²) in [7, 11) is 0. The second-order valence-corrected chi connectivity index (χ2v) is 6.74. The lowest BCUT2D eigenvalue weighted by Crippen LogP contribution is -2.46. The van der Waals surface area contributed by atoms with Crippen molar-refractivity contribution in [2.45, 2.75) is 38.4 Å². The molecule has 22 heavy (non-hydrogen) atoms. The van der Waals surface area contributed by atoms with Crippen LogP contribution < -0.4 is 10.6 Å². The normalized spacial score (nSPS) is 21.1. The summed E-state index contributed by atoms with van der Waals surface area (Å²) in [6.45, 7) is 6.43. The number of rotatable bonds is 2. The Morgan fingerprint density at radius 2 is 1.41 bits per heavy atom. The van der Waals surface area contributed by atoms with Gasteiger partial charge in [0.05, 0.1) is 6.04 Å². The zero-order valence-corrected chi connectivity index (χ0v) is 13.4. The fourth-order valence-corrected chi connectivity index (χ4v) is 2.74. The first-order valence-corrected chi connectivity index (χ1v) is 7.75. The summed E-state index contributed by atoms with van der Waals surface area (Å²) in [5.74, 6) is 0.871. The number of hydrogen-bond donors (Lipinski definition) is 2. The zero-order chi connectivity index (χ0) is 15.6. The first kappa shape index (κ1) is 14.6. The van der Waals surface area contributed by atoms with Crippen LogP contribution in [-0.4, -0.2) is 11.5 Å². The van der Waals surface area contributed by atoms with Gasteiger partial charge < -0.3 is 10.6 Å². The highest BCUT2D eigenvalue weighted by atomic mass is 15.3. The average Bonchev–Trinajstić information content (AvgIpc) is 2.91. The van der Waals surface area contributed by atoms with Gasteiger partial charge in [-0.1, -0.05) is 60.7 Å². The predicted molar refractivity (Wildman–Crippen MR) is 91.8 cm³/mol. The van der Waals surface area contributed by atoms with Crippen molar-refractivity contribution in [3.8, 4) is 0 Å². The Kier molecular flexibility index (Phi) is 3.88. The van der Waals surface area contributed by atoms with Crippen LogP contribution in [0, 0.1) is 0 Å². The molecule has 1 aliphatic rings. The molecule has 0 amide bonds. The summed E-state index contributed by atoms with van der Waals surface area (Å²) in [5.41, 5.74) is 2.47. The van der Waals surface area contributed by atoms with Crippen molar-refractivity contribution in [2.24, 2.45) is 4.99 Å². The quantitative estimate of drug-likeness (QED) is 0.883. The van der Waals surface area contributed by atoms with Crippen LogP contribution >= 0.6 is 0 Å². The second-order valence-electron chi connectivity index (χ2n) is 6.74. The Morgan fingerprint density at radius 1 is 0.864 bits per heavy atom. The molecule has 2 N–H and O–H groups in total. The molecule has 0 unspecified atom stereocenters. The van der Waals surface area contributed by atoms with Gasteiger partial charge in [0.2, 0.25) is 0 Å². The summed E-state index contributed by atoms with van der Waals surface area (Å²) in [6, 6.07) is 21.2. The maximum Gasteiger partial charge on any atom is 0.192 e. The predicted octanol–water partition coefficient (Wildman–Crippen LogP) is 3.82. The van der Waals surface area contributed by atoms with E-state index in [9.17, 15) is 0 Å². The van der Waals surface area contributed by atoms with Crippen molar-refractivity contribution < 1.29 is 0 Å². The van der Waals surface area contributed by atoms with E-state index in [0.717, 1.165) is 5.96 Å². The fraction of sp³-hybridized carbons (Fsp3) is 0.316. The minimum absolute atomic E-state index is 0.0152. The Hall–Kier alpha value is -2.29. The van der Waals surface area contributed by atoms with Gasteiger partial charge in [0.1, 0.15) is 6.04 Å². The number of nitrogens with zero attached hydrogens (tertiary/aromatic N) is 1. The maximum atomic E-state index is 4.90. The molecule has 0 saturated heterocycles. The van der Waals surface area contributed by atoms with Crippen molar-refractivity contribution in [2.75, 3.05) is 0 Å². The van der Waals surface area contributed by atoms with E-state index in [-0.39, 0.29) is 17.6 Å². The van der Waals surface area contributed by atoms with Crippen LogP contribution in [0.2, 0.25) is 0 Å². The van der Waals surface area contributed by atoms with Gasteiger partial charge in [-0.25, -0.2) is 4.99 Å². The monoisotopic (exact) mass is 293 g/mol. The van der Waals surface area contributed by atoms with E-state index >= 15 is 0 Å². The van der Waals surface area contributed by atoms with Crippen molar-refractivity contribution in [1.29, 1.82) is 0 Å². The van der Waals surface area contributed by atoms with E-state index in [4.69, 9.17) is 4.99 Å². The zero-order valence-electron chi connectivity index (χ0n) is 13.4. The molecule has 0 spiro atoms. The van der Waals surface area contributed by atoms with Crippen molar-refractivity contribution in [3.05, 3.63) is 71.8 Å². The van der Waals surface area contributed by atoms with Gasteiger partial charge in [0.15, 0.2) is 5.96 Å². The summed E-state index contributed by atoms with van der Waals surface area (Å²) < 4.78 is 0. The highest BCUT2D eigenvalue weighted by molar-refractivity contribution is 5.83. The van der Waals surface area contributed by atoms with Crippen LogP contribution in [0.1, 0.15) is 44.0 Å². The molecule has 3 rings (SSSR count). The fourth-order valence-electron chi connectivity index (χ4n) is 2.74. The van der Waals surface area contributed by atoms with Crippen LogP contribution in [0.3, 0.4) is 0 Å². The third kappa shape index (κ3) is 3.30. The number of guanidine groups is 1. The van der Waals surface area contributed by atoms with Gasteiger partial charge in [-0.05, 0) is 31.9 Å². The van der Waals surface area contributed by atoms with Crippen LogP contribution in [0.5, 0.6) is 0 Å². The van der Waals surface area contributed by atoms with E-state index in [0.29, 0.717) is 0 Å². The topological polar surface area (TPSA) is 36.4 Å². The summed E-state index contributed by atoms with van der Waals surface area (Å²) >= 11 is 0. The Labute approximate surface area is 132 Å². The SMILES string of the molecule is CC(C)(C)NC1=N[C@@H](c2ccccc2)[C@H](c2ccccc2)N1. The van der Waals surface area contributed by atoms with Gasteiger partial charge in [-0.3, -0.25) is 0 Å². The third-order valence-corrected chi connectivity index (χ3v) is 3.67. The maximum absolute atomic E-state index is 4.90. The molecule has 0 aromatic heterocycles. The number of nitrogens with one attached hydrogen (secondary N) is 2. The molecule has 1 aliphatic heterocycles. The molecular weight excluding hydrogens is 270 g/mol. The molecular formula is C19H23N3. The van der Waals surface area contributed by atoms with Gasteiger partial charge >= 0.3 is 0 Å². The van der Waals surface area contributed by atoms with Crippen LogP contribution in [0.25, 0.3) is 0 Å². The average molecular weight is 293 g/mol. The molecule has 0 fully saturated rings. The van der Waals surface area contributed by atoms with E-state index in [2.05, 4.69) is 79.9 Å². The van der Waals surface area contributed by atoms with Gasteiger partial charge in [0.25, 0.3) is 0 Å². The smallest absolute Gasteiger partial charge is 0.192 e. The number of hydrogen-bond acceptors (Lipinski definition) is 3. The minimum Gasteiger partial charge on any atom is -0.352 e. The lowest BCUT2D eigenvalue weighted by atomic mass is 9.95. The number of aliphatic imine (C=N–C) groups is 1. The van der Waals surface area contributed by atoms with Gasteiger partial charge in [-0.15, -0.1) is 0 Å².